The summed E-state index contributed by atoms with van der Waals surface area (Å²) in [5.41, 5.74) is 0.563. The molecule has 230 valence electrons. The van der Waals surface area contributed by atoms with Crippen LogP contribution in [0.3, 0.4) is 0 Å². The van der Waals surface area contributed by atoms with Crippen LogP contribution in [0.15, 0.2) is 30.3 Å². The van der Waals surface area contributed by atoms with Crippen LogP contribution in [-0.2, 0) is 14.4 Å². The molecule has 0 saturated carbocycles. The number of likely N-dealkylation sites (tertiary alicyclic amines) is 1. The zero-order chi connectivity index (χ0) is 31.2. The van der Waals surface area contributed by atoms with Crippen LogP contribution in [0.5, 0.6) is 17.2 Å². The quantitative estimate of drug-likeness (QED) is 0.370. The van der Waals surface area contributed by atoms with Gasteiger partial charge in [0, 0.05) is 44.1 Å². The number of carboxylic acids is 1. The standard InChI is InChI=1S/C31H41ClN2O8/c1-31(2,3)18-34(25(36)12-11-24(35)33-15-13-19(14-16-33)30(38)39)27-23(41-5)17-21(32)29(42-6)26(27)28(37)20-9-7-8-10-22(20)40-4/h7-10,17,19,28,37H,11-16,18H2,1-6H3,(H,38,39). The number of hydrogen-bond donors (Lipinski definition) is 2. The monoisotopic (exact) mass is 604 g/mol. The Bertz CT molecular complexity index is 1280. The van der Waals surface area contributed by atoms with Crippen LogP contribution in [0, 0.1) is 11.3 Å². The molecule has 1 unspecified atom stereocenters. The Morgan fingerprint density at radius 3 is 2.19 bits per heavy atom. The van der Waals surface area contributed by atoms with E-state index in [2.05, 4.69) is 0 Å². The first-order chi connectivity index (χ1) is 19.8. The van der Waals surface area contributed by atoms with Gasteiger partial charge in [0.05, 0.1) is 43.5 Å². The maximum absolute atomic E-state index is 14.0. The van der Waals surface area contributed by atoms with E-state index in [0.29, 0.717) is 37.2 Å². The number of carboxylic acid groups (broad SMARTS) is 1. The minimum absolute atomic E-state index is 0.0470. The number of methoxy groups -OCH3 is 3. The summed E-state index contributed by atoms with van der Waals surface area (Å²) < 4.78 is 16.9. The van der Waals surface area contributed by atoms with Crippen molar-refractivity contribution < 1.29 is 38.8 Å². The molecule has 2 amide bonds. The summed E-state index contributed by atoms with van der Waals surface area (Å²) in [7, 11) is 4.38. The molecule has 2 aromatic rings. The molecule has 0 aromatic heterocycles. The Kier molecular flexibility index (Phi) is 11.1. The highest BCUT2D eigenvalue weighted by atomic mass is 35.5. The highest BCUT2D eigenvalue weighted by Crippen LogP contribution is 2.49. The lowest BCUT2D eigenvalue weighted by molar-refractivity contribution is -0.145. The number of hydrogen-bond acceptors (Lipinski definition) is 7. The fourth-order valence-corrected chi connectivity index (χ4v) is 5.49. The Hall–Kier alpha value is -3.50. The fraction of sp³-hybridized carbons (Fsp3) is 0.516. The van der Waals surface area contributed by atoms with Crippen LogP contribution in [-0.4, -0.2) is 73.9 Å². The highest BCUT2D eigenvalue weighted by Gasteiger charge is 2.35. The number of rotatable bonds is 11. The summed E-state index contributed by atoms with van der Waals surface area (Å²) in [6, 6.07) is 8.51. The summed E-state index contributed by atoms with van der Waals surface area (Å²) in [4.78, 5) is 41.4. The largest absolute Gasteiger partial charge is 0.496 e. The van der Waals surface area contributed by atoms with Gasteiger partial charge in [-0.2, -0.15) is 0 Å². The number of benzene rings is 2. The van der Waals surface area contributed by atoms with Crippen molar-refractivity contribution in [2.24, 2.45) is 11.3 Å². The van der Waals surface area contributed by atoms with E-state index in [4.69, 9.17) is 25.8 Å². The van der Waals surface area contributed by atoms with Crippen molar-refractivity contribution >= 4 is 35.1 Å². The predicted octanol–water partition coefficient (Wildman–Crippen LogP) is 4.93. The molecule has 2 aromatic carbocycles. The van der Waals surface area contributed by atoms with Crippen LogP contribution in [0.25, 0.3) is 0 Å². The summed E-state index contributed by atoms with van der Waals surface area (Å²) in [6.45, 7) is 6.83. The zero-order valence-corrected chi connectivity index (χ0v) is 25.9. The first-order valence-electron chi connectivity index (χ1n) is 13.9. The fourth-order valence-electron chi connectivity index (χ4n) is 5.21. The Morgan fingerprint density at radius 2 is 1.64 bits per heavy atom. The summed E-state index contributed by atoms with van der Waals surface area (Å²) in [5.74, 6) is -1.01. The third kappa shape index (κ3) is 7.66. The first-order valence-corrected chi connectivity index (χ1v) is 14.3. The molecule has 42 heavy (non-hydrogen) atoms. The lowest BCUT2D eigenvalue weighted by Gasteiger charge is -2.35. The number of aliphatic carboxylic acids is 1. The Morgan fingerprint density at radius 1 is 1.02 bits per heavy atom. The van der Waals surface area contributed by atoms with E-state index in [-0.39, 0.29) is 64.4 Å². The van der Waals surface area contributed by atoms with Crippen molar-refractivity contribution in [2.45, 2.75) is 52.6 Å². The number of nitrogens with zero attached hydrogens (tertiary/aromatic N) is 2. The van der Waals surface area contributed by atoms with Crippen LogP contribution in [0.4, 0.5) is 5.69 Å². The Balaban J connectivity index is 2.04. The number of aliphatic hydroxyl groups excluding tert-OH is 1. The first kappa shape index (κ1) is 33.0. The SMILES string of the molecule is COc1ccccc1C(O)c1c(OC)c(Cl)cc(OC)c1N(CC(C)(C)C)C(=O)CCC(=O)N1CCC(C(=O)O)CC1. The van der Waals surface area contributed by atoms with E-state index in [0.717, 1.165) is 0 Å². The lowest BCUT2D eigenvalue weighted by Crippen LogP contribution is -2.42. The highest BCUT2D eigenvalue weighted by molar-refractivity contribution is 6.32. The van der Waals surface area contributed by atoms with Gasteiger partial charge in [-0.1, -0.05) is 50.6 Å². The number of aliphatic hydroxyl groups is 1. The van der Waals surface area contributed by atoms with E-state index in [1.54, 1.807) is 29.2 Å². The predicted molar refractivity (Wildman–Crippen MR) is 160 cm³/mol. The summed E-state index contributed by atoms with van der Waals surface area (Å²) in [5, 5.41) is 21.2. The third-order valence-electron chi connectivity index (χ3n) is 7.29. The van der Waals surface area contributed by atoms with Crippen molar-refractivity contribution in [3.63, 3.8) is 0 Å². The number of piperidine rings is 1. The number of carbonyl (C=O) groups is 3. The molecule has 1 saturated heterocycles. The molecule has 1 atom stereocenters. The number of para-hydroxylation sites is 1. The lowest BCUT2D eigenvalue weighted by atomic mass is 9.92. The van der Waals surface area contributed by atoms with Crippen LogP contribution in [0.1, 0.15) is 63.7 Å². The molecule has 0 bridgehead atoms. The molecule has 1 heterocycles. The van der Waals surface area contributed by atoms with E-state index >= 15 is 0 Å². The van der Waals surface area contributed by atoms with E-state index < -0.39 is 18.0 Å². The van der Waals surface area contributed by atoms with Gasteiger partial charge in [-0.25, -0.2) is 0 Å². The van der Waals surface area contributed by atoms with Crippen LogP contribution < -0.4 is 19.1 Å². The van der Waals surface area contributed by atoms with Gasteiger partial charge < -0.3 is 34.2 Å². The molecule has 11 heteroatoms. The maximum Gasteiger partial charge on any atom is 0.306 e. The molecular formula is C31H41ClN2O8. The number of ether oxygens (including phenoxy) is 3. The van der Waals surface area contributed by atoms with Crippen molar-refractivity contribution in [1.29, 1.82) is 0 Å². The van der Waals surface area contributed by atoms with Gasteiger partial charge in [-0.15, -0.1) is 0 Å². The molecule has 0 radical (unpaired) electrons. The van der Waals surface area contributed by atoms with Crippen LogP contribution >= 0.6 is 11.6 Å². The number of anilines is 1. The zero-order valence-electron chi connectivity index (χ0n) is 25.1. The molecule has 10 nitrogen and oxygen atoms in total. The van der Waals surface area contributed by atoms with Gasteiger partial charge in [0.15, 0.2) is 0 Å². The third-order valence-corrected chi connectivity index (χ3v) is 7.57. The van der Waals surface area contributed by atoms with Gasteiger partial charge in [0.25, 0.3) is 0 Å². The minimum Gasteiger partial charge on any atom is -0.496 e. The summed E-state index contributed by atoms with van der Waals surface area (Å²) >= 11 is 6.59. The maximum atomic E-state index is 14.0. The van der Waals surface area contributed by atoms with Gasteiger partial charge in [-0.05, 0) is 24.3 Å². The van der Waals surface area contributed by atoms with Gasteiger partial charge >= 0.3 is 5.97 Å². The molecule has 1 aliphatic rings. The number of halogens is 1. The van der Waals surface area contributed by atoms with Gasteiger partial charge in [0.2, 0.25) is 11.8 Å². The Labute approximate surface area is 252 Å². The normalized spacial score (nSPS) is 14.7. The molecule has 0 spiro atoms. The van der Waals surface area contributed by atoms with Crippen molar-refractivity contribution in [1.82, 2.24) is 4.90 Å². The van der Waals surface area contributed by atoms with Crippen molar-refractivity contribution in [2.75, 3.05) is 45.9 Å². The second-order valence-electron chi connectivity index (χ2n) is 11.5. The molecule has 2 N–H and O–H groups in total. The smallest absolute Gasteiger partial charge is 0.306 e. The topological polar surface area (TPSA) is 126 Å². The number of carbonyl (C=O) groups excluding carboxylic acids is 2. The molecule has 3 rings (SSSR count). The summed E-state index contributed by atoms with van der Waals surface area (Å²) in [6.07, 6.45) is -0.694. The molecule has 1 fully saturated rings. The van der Waals surface area contributed by atoms with Gasteiger partial charge in [0.1, 0.15) is 23.4 Å². The van der Waals surface area contributed by atoms with Gasteiger partial charge in [-0.3, -0.25) is 14.4 Å². The number of amides is 2. The van der Waals surface area contributed by atoms with E-state index in [9.17, 15) is 24.6 Å². The van der Waals surface area contributed by atoms with Crippen LogP contribution in [0.2, 0.25) is 5.02 Å². The van der Waals surface area contributed by atoms with Crippen molar-refractivity contribution in [3.05, 3.63) is 46.5 Å². The van der Waals surface area contributed by atoms with E-state index in [1.165, 1.54) is 32.3 Å². The van der Waals surface area contributed by atoms with Crippen molar-refractivity contribution in [3.8, 4) is 17.2 Å². The average molecular weight is 605 g/mol. The molecule has 1 aliphatic heterocycles. The average Bonchev–Trinajstić information content (AvgIpc) is 2.97. The molecule has 0 aliphatic carbocycles. The second-order valence-corrected chi connectivity index (χ2v) is 11.9. The second kappa shape index (κ2) is 14.1. The molecular weight excluding hydrogens is 564 g/mol. The van der Waals surface area contributed by atoms with E-state index in [1.807, 2.05) is 20.8 Å². The minimum atomic E-state index is -1.31.